The summed E-state index contributed by atoms with van der Waals surface area (Å²) < 4.78 is 21.4. The number of nitrogens with zero attached hydrogens (tertiary/aromatic N) is 4. The average molecular weight is 370 g/mol. The minimum Gasteiger partial charge on any atom is -0.475 e. The van der Waals surface area contributed by atoms with Crippen molar-refractivity contribution in [2.24, 2.45) is 0 Å². The Hall–Kier alpha value is -2.71. The van der Waals surface area contributed by atoms with Gasteiger partial charge < -0.3 is 18.4 Å². The molecule has 4 heterocycles. The number of hydrogen-bond acceptors (Lipinski definition) is 8. The van der Waals surface area contributed by atoms with E-state index in [0.717, 1.165) is 37.3 Å². The molecule has 0 radical (unpaired) electrons. The molecule has 1 aliphatic heterocycles. The maximum atomic E-state index is 5.55. The zero-order chi connectivity index (χ0) is 18.5. The van der Waals surface area contributed by atoms with Crippen molar-refractivity contribution in [2.75, 3.05) is 26.9 Å². The Balaban J connectivity index is 1.43. The molecule has 0 spiro atoms. The van der Waals surface area contributed by atoms with Crippen LogP contribution in [0.3, 0.4) is 0 Å². The third kappa shape index (κ3) is 4.17. The van der Waals surface area contributed by atoms with Crippen molar-refractivity contribution in [3.05, 3.63) is 48.4 Å². The van der Waals surface area contributed by atoms with Gasteiger partial charge in [0.05, 0.1) is 25.5 Å². The lowest BCUT2D eigenvalue weighted by atomic mass is 10.2. The predicted molar refractivity (Wildman–Crippen MR) is 96.0 cm³/mol. The summed E-state index contributed by atoms with van der Waals surface area (Å²) in [7, 11) is 1.63. The first-order valence-corrected chi connectivity index (χ1v) is 9.01. The molecular weight excluding hydrogens is 348 g/mol. The molecule has 142 valence electrons. The monoisotopic (exact) mass is 370 g/mol. The smallest absolute Gasteiger partial charge is 0.244 e. The third-order valence-corrected chi connectivity index (χ3v) is 4.56. The van der Waals surface area contributed by atoms with E-state index in [4.69, 9.17) is 18.4 Å². The molecule has 3 aromatic rings. The molecule has 0 N–H and O–H groups in total. The summed E-state index contributed by atoms with van der Waals surface area (Å²) in [6.45, 7) is 2.71. The molecule has 0 unspecified atom stereocenters. The summed E-state index contributed by atoms with van der Waals surface area (Å²) >= 11 is 0. The number of hydrogen-bond donors (Lipinski definition) is 0. The van der Waals surface area contributed by atoms with Gasteiger partial charge in [-0.1, -0.05) is 5.16 Å². The van der Waals surface area contributed by atoms with Crippen molar-refractivity contribution < 1.29 is 18.4 Å². The van der Waals surface area contributed by atoms with Gasteiger partial charge in [0.15, 0.2) is 0 Å². The maximum Gasteiger partial charge on any atom is 0.244 e. The Morgan fingerprint density at radius 3 is 3.00 bits per heavy atom. The maximum absolute atomic E-state index is 5.55. The van der Waals surface area contributed by atoms with Gasteiger partial charge in [-0.25, -0.2) is 4.98 Å². The highest BCUT2D eigenvalue weighted by Crippen LogP contribution is 2.33. The van der Waals surface area contributed by atoms with Gasteiger partial charge in [0, 0.05) is 24.9 Å². The fourth-order valence-electron chi connectivity index (χ4n) is 3.21. The van der Waals surface area contributed by atoms with E-state index in [0.29, 0.717) is 30.8 Å². The van der Waals surface area contributed by atoms with E-state index < -0.39 is 0 Å². The fourth-order valence-corrected chi connectivity index (χ4v) is 3.21. The number of likely N-dealkylation sites (tertiary alicyclic amines) is 1. The van der Waals surface area contributed by atoms with Crippen molar-refractivity contribution in [3.8, 4) is 17.3 Å². The molecule has 1 atom stereocenters. The van der Waals surface area contributed by atoms with Crippen molar-refractivity contribution >= 4 is 0 Å². The van der Waals surface area contributed by atoms with E-state index in [2.05, 4.69) is 20.0 Å². The zero-order valence-electron chi connectivity index (χ0n) is 15.2. The number of aromatic nitrogens is 3. The molecular formula is C19H22N4O4. The van der Waals surface area contributed by atoms with Crippen LogP contribution in [0.2, 0.25) is 0 Å². The molecule has 8 nitrogen and oxygen atoms in total. The molecule has 0 aromatic carbocycles. The summed E-state index contributed by atoms with van der Waals surface area (Å²) in [4.78, 5) is 11.2. The van der Waals surface area contributed by atoms with Crippen LogP contribution in [0.25, 0.3) is 11.4 Å². The normalized spacial score (nSPS) is 17.4. The predicted octanol–water partition coefficient (Wildman–Crippen LogP) is 3.09. The molecule has 0 amide bonds. The Morgan fingerprint density at radius 1 is 1.26 bits per heavy atom. The second-order valence-electron chi connectivity index (χ2n) is 6.39. The topological polar surface area (TPSA) is 86.7 Å². The van der Waals surface area contributed by atoms with Crippen molar-refractivity contribution in [2.45, 2.75) is 25.4 Å². The Kier molecular flexibility index (Phi) is 5.45. The van der Waals surface area contributed by atoms with Crippen LogP contribution >= 0.6 is 0 Å². The van der Waals surface area contributed by atoms with Gasteiger partial charge in [-0.15, -0.1) is 0 Å². The number of ether oxygens (including phenoxy) is 2. The van der Waals surface area contributed by atoms with Crippen LogP contribution in [0.4, 0.5) is 0 Å². The van der Waals surface area contributed by atoms with Gasteiger partial charge in [0.1, 0.15) is 12.4 Å². The van der Waals surface area contributed by atoms with Crippen LogP contribution in [0.1, 0.15) is 30.5 Å². The van der Waals surface area contributed by atoms with Crippen LogP contribution in [-0.4, -0.2) is 46.9 Å². The summed E-state index contributed by atoms with van der Waals surface area (Å²) in [5, 5.41) is 4.13. The van der Waals surface area contributed by atoms with Crippen molar-refractivity contribution in [1.29, 1.82) is 0 Å². The number of methoxy groups -OCH3 is 1. The lowest BCUT2D eigenvalue weighted by Crippen LogP contribution is -2.22. The number of rotatable bonds is 8. The van der Waals surface area contributed by atoms with Crippen LogP contribution < -0.4 is 4.74 Å². The lowest BCUT2D eigenvalue weighted by molar-refractivity contribution is 0.144. The highest BCUT2D eigenvalue weighted by molar-refractivity contribution is 5.53. The van der Waals surface area contributed by atoms with Crippen LogP contribution in [0.15, 0.2) is 45.7 Å². The first-order valence-electron chi connectivity index (χ1n) is 9.01. The Labute approximate surface area is 157 Å². The van der Waals surface area contributed by atoms with E-state index >= 15 is 0 Å². The fraction of sp³-hybridized carbons (Fsp3) is 0.421. The van der Waals surface area contributed by atoms with Crippen molar-refractivity contribution in [1.82, 2.24) is 20.0 Å². The lowest BCUT2D eigenvalue weighted by Gasteiger charge is -2.19. The van der Waals surface area contributed by atoms with Crippen LogP contribution in [-0.2, 0) is 11.3 Å². The molecule has 27 heavy (non-hydrogen) atoms. The standard InChI is InChI=1S/C19H22N4O4/c1-24-10-11-26-17-7-6-14(12-20-17)18-21-19(27-22-18)16-5-2-8-23(16)13-15-4-3-9-25-15/h3-4,6-7,9,12,16H,2,5,8,10-11,13H2,1H3/t16-/m1/s1. The average Bonchev–Trinajstić information content (AvgIpc) is 3.45. The summed E-state index contributed by atoms with van der Waals surface area (Å²) in [5.74, 6) is 2.65. The Bertz CT molecular complexity index is 832. The molecule has 1 saturated heterocycles. The first-order chi connectivity index (χ1) is 13.3. The summed E-state index contributed by atoms with van der Waals surface area (Å²) in [6.07, 6.45) is 5.47. The van der Waals surface area contributed by atoms with Crippen LogP contribution in [0.5, 0.6) is 5.88 Å². The summed E-state index contributed by atoms with van der Waals surface area (Å²) in [5.41, 5.74) is 0.791. The van der Waals surface area contributed by atoms with Gasteiger partial charge in [-0.3, -0.25) is 4.90 Å². The third-order valence-electron chi connectivity index (χ3n) is 4.56. The van der Waals surface area contributed by atoms with Gasteiger partial charge in [-0.05, 0) is 37.6 Å². The van der Waals surface area contributed by atoms with Crippen LogP contribution in [0, 0.1) is 0 Å². The minimum atomic E-state index is 0.112. The largest absolute Gasteiger partial charge is 0.475 e. The second kappa shape index (κ2) is 8.32. The first kappa shape index (κ1) is 17.7. The van der Waals surface area contributed by atoms with Crippen molar-refractivity contribution in [3.63, 3.8) is 0 Å². The summed E-state index contributed by atoms with van der Waals surface area (Å²) in [6, 6.07) is 7.66. The van der Waals surface area contributed by atoms with Gasteiger partial charge in [-0.2, -0.15) is 4.98 Å². The second-order valence-corrected chi connectivity index (χ2v) is 6.39. The molecule has 1 fully saturated rings. The minimum absolute atomic E-state index is 0.112. The van der Waals surface area contributed by atoms with Gasteiger partial charge in [0.2, 0.25) is 17.6 Å². The molecule has 0 bridgehead atoms. The van der Waals surface area contributed by atoms with Gasteiger partial charge >= 0.3 is 0 Å². The molecule has 1 aliphatic rings. The quantitative estimate of drug-likeness (QED) is 0.559. The number of furan rings is 1. The van der Waals surface area contributed by atoms with Gasteiger partial charge in [0.25, 0.3) is 0 Å². The molecule has 3 aromatic heterocycles. The Morgan fingerprint density at radius 2 is 2.22 bits per heavy atom. The van der Waals surface area contributed by atoms with E-state index in [1.54, 1.807) is 25.6 Å². The highest BCUT2D eigenvalue weighted by Gasteiger charge is 2.31. The SMILES string of the molecule is COCCOc1ccc(-c2noc([C@H]3CCCN3Cc3ccco3)n2)cn1. The van der Waals surface area contributed by atoms with E-state index in [1.165, 1.54) is 0 Å². The number of pyridine rings is 1. The van der Waals surface area contributed by atoms with E-state index in [9.17, 15) is 0 Å². The molecule has 0 aliphatic carbocycles. The van der Waals surface area contributed by atoms with E-state index in [-0.39, 0.29) is 6.04 Å². The molecule has 4 rings (SSSR count). The molecule has 8 heteroatoms. The highest BCUT2D eigenvalue weighted by atomic mass is 16.5. The zero-order valence-corrected chi connectivity index (χ0v) is 15.2. The van der Waals surface area contributed by atoms with E-state index in [1.807, 2.05) is 18.2 Å². The molecule has 0 saturated carbocycles.